The summed E-state index contributed by atoms with van der Waals surface area (Å²) in [6, 6.07) is 0.0291. The van der Waals surface area contributed by atoms with Gasteiger partial charge in [0.05, 0.1) is 24.9 Å². The monoisotopic (exact) mass is 268 g/mol. The van der Waals surface area contributed by atoms with Gasteiger partial charge in [-0.25, -0.2) is 0 Å². The summed E-state index contributed by atoms with van der Waals surface area (Å²) in [7, 11) is 0. The molecule has 4 heteroatoms. The maximum absolute atomic E-state index is 12.3. The number of hydrogen-bond acceptors (Lipinski definition) is 3. The summed E-state index contributed by atoms with van der Waals surface area (Å²) in [6.45, 7) is 5.68. The molecule has 1 N–H and O–H groups in total. The van der Waals surface area contributed by atoms with Gasteiger partial charge in [-0.05, 0) is 25.7 Å². The number of ether oxygens (including phenoxy) is 1. The second-order valence-electron chi connectivity index (χ2n) is 5.74. The Labute approximate surface area is 116 Å². The molecule has 110 valence electrons. The van der Waals surface area contributed by atoms with E-state index in [0.29, 0.717) is 12.7 Å². The molecular weight excluding hydrogens is 240 g/mol. The van der Waals surface area contributed by atoms with Crippen LogP contribution in [-0.4, -0.2) is 42.3 Å². The number of rotatable bonds is 7. The zero-order valence-electron chi connectivity index (χ0n) is 12.4. The Morgan fingerprint density at radius 3 is 2.68 bits per heavy atom. The molecule has 1 heterocycles. The van der Waals surface area contributed by atoms with Crippen LogP contribution in [-0.2, 0) is 9.53 Å². The highest BCUT2D eigenvalue weighted by Crippen LogP contribution is 2.21. The van der Waals surface area contributed by atoms with Crippen LogP contribution in [0.3, 0.4) is 0 Å². The van der Waals surface area contributed by atoms with Crippen molar-refractivity contribution in [1.29, 1.82) is 0 Å². The van der Waals surface area contributed by atoms with Gasteiger partial charge in [0.25, 0.3) is 0 Å². The summed E-state index contributed by atoms with van der Waals surface area (Å²) in [5, 5.41) is 3.44. The Kier molecular flexibility index (Phi) is 5.64. The summed E-state index contributed by atoms with van der Waals surface area (Å²) in [5.74, 6) is 0.267. The van der Waals surface area contributed by atoms with Crippen LogP contribution in [0.25, 0.3) is 0 Å². The zero-order valence-corrected chi connectivity index (χ0v) is 12.4. The Hall–Kier alpha value is -0.610. The first-order valence-electron chi connectivity index (χ1n) is 7.94. The first kappa shape index (κ1) is 14.8. The quantitative estimate of drug-likeness (QED) is 0.770. The predicted molar refractivity (Wildman–Crippen MR) is 75.8 cm³/mol. The van der Waals surface area contributed by atoms with Crippen LogP contribution in [0.15, 0.2) is 0 Å². The van der Waals surface area contributed by atoms with Crippen LogP contribution in [0.2, 0.25) is 0 Å². The van der Waals surface area contributed by atoms with Crippen molar-refractivity contribution in [2.24, 2.45) is 0 Å². The van der Waals surface area contributed by atoms with Crippen molar-refractivity contribution < 1.29 is 9.53 Å². The van der Waals surface area contributed by atoms with Crippen LogP contribution in [0.5, 0.6) is 0 Å². The van der Waals surface area contributed by atoms with E-state index in [0.717, 1.165) is 25.8 Å². The van der Waals surface area contributed by atoms with E-state index in [4.69, 9.17) is 4.74 Å². The van der Waals surface area contributed by atoms with Gasteiger partial charge in [0.1, 0.15) is 0 Å². The topological polar surface area (TPSA) is 41.6 Å². The van der Waals surface area contributed by atoms with E-state index in [2.05, 4.69) is 19.2 Å². The van der Waals surface area contributed by atoms with E-state index in [1.54, 1.807) is 0 Å². The third-order valence-corrected chi connectivity index (χ3v) is 4.30. The summed E-state index contributed by atoms with van der Waals surface area (Å²) in [4.78, 5) is 14.3. The van der Waals surface area contributed by atoms with Crippen molar-refractivity contribution in [2.45, 2.75) is 77.1 Å². The standard InChI is InChI=1S/C15H28N2O2/c1-3-7-13-15(18)17(14(4-2)16-13)10-11-19-12-8-5-6-9-12/h12-14,16H,3-11H2,1-2H3. The lowest BCUT2D eigenvalue weighted by Gasteiger charge is -2.23. The molecule has 0 bridgehead atoms. The zero-order chi connectivity index (χ0) is 13.7. The van der Waals surface area contributed by atoms with Crippen LogP contribution in [0.1, 0.15) is 58.8 Å². The molecule has 1 saturated carbocycles. The molecule has 0 aromatic carbocycles. The van der Waals surface area contributed by atoms with E-state index in [1.165, 1.54) is 25.7 Å². The highest BCUT2D eigenvalue weighted by molar-refractivity contribution is 5.84. The maximum atomic E-state index is 12.3. The lowest BCUT2D eigenvalue weighted by Crippen LogP contribution is -2.39. The third-order valence-electron chi connectivity index (χ3n) is 4.30. The maximum Gasteiger partial charge on any atom is 0.241 e. The number of nitrogens with zero attached hydrogens (tertiary/aromatic N) is 1. The van der Waals surface area contributed by atoms with E-state index >= 15 is 0 Å². The van der Waals surface area contributed by atoms with E-state index in [9.17, 15) is 4.79 Å². The molecule has 2 rings (SSSR count). The van der Waals surface area contributed by atoms with E-state index in [1.807, 2.05) is 4.90 Å². The molecule has 2 atom stereocenters. The number of carbonyl (C=O) groups excluding carboxylic acids is 1. The van der Waals surface area contributed by atoms with Crippen LogP contribution < -0.4 is 5.32 Å². The molecule has 2 unspecified atom stereocenters. The minimum Gasteiger partial charge on any atom is -0.376 e. The van der Waals surface area contributed by atoms with Crippen molar-refractivity contribution in [3.05, 3.63) is 0 Å². The first-order valence-corrected chi connectivity index (χ1v) is 7.94. The van der Waals surface area contributed by atoms with E-state index in [-0.39, 0.29) is 18.1 Å². The van der Waals surface area contributed by atoms with Gasteiger partial charge in [0.15, 0.2) is 0 Å². The first-order chi connectivity index (χ1) is 9.26. The summed E-state index contributed by atoms with van der Waals surface area (Å²) in [5.41, 5.74) is 0. The lowest BCUT2D eigenvalue weighted by molar-refractivity contribution is -0.131. The number of nitrogens with one attached hydrogen (secondary N) is 1. The number of amides is 1. The molecule has 19 heavy (non-hydrogen) atoms. The fraction of sp³-hybridized carbons (Fsp3) is 0.933. The molecule has 2 aliphatic rings. The second-order valence-corrected chi connectivity index (χ2v) is 5.74. The minimum atomic E-state index is 0.0291. The molecule has 4 nitrogen and oxygen atoms in total. The molecule has 0 aromatic rings. The average molecular weight is 268 g/mol. The largest absolute Gasteiger partial charge is 0.376 e. The molecule has 1 saturated heterocycles. The van der Waals surface area contributed by atoms with Gasteiger partial charge in [-0.2, -0.15) is 0 Å². The van der Waals surface area contributed by atoms with Crippen molar-refractivity contribution in [3.63, 3.8) is 0 Å². The van der Waals surface area contributed by atoms with E-state index < -0.39 is 0 Å². The van der Waals surface area contributed by atoms with Crippen molar-refractivity contribution in [1.82, 2.24) is 10.2 Å². The summed E-state index contributed by atoms with van der Waals surface area (Å²) >= 11 is 0. The predicted octanol–water partition coefficient (Wildman–Crippen LogP) is 2.28. The summed E-state index contributed by atoms with van der Waals surface area (Å²) in [6.07, 6.45) is 8.59. The normalized spacial score (nSPS) is 28.5. The Balaban J connectivity index is 1.78. The van der Waals surface area contributed by atoms with Crippen LogP contribution in [0.4, 0.5) is 0 Å². The Bertz CT molecular complexity index is 290. The van der Waals surface area contributed by atoms with Gasteiger partial charge in [-0.3, -0.25) is 10.1 Å². The molecule has 0 spiro atoms. The fourth-order valence-corrected chi connectivity index (χ4v) is 3.22. The number of carbonyl (C=O) groups is 1. The smallest absolute Gasteiger partial charge is 0.241 e. The molecule has 1 amide bonds. The minimum absolute atomic E-state index is 0.0291. The molecule has 1 aliphatic carbocycles. The van der Waals surface area contributed by atoms with Gasteiger partial charge in [0.2, 0.25) is 5.91 Å². The molecule has 0 radical (unpaired) electrons. The van der Waals surface area contributed by atoms with Crippen molar-refractivity contribution >= 4 is 5.91 Å². The van der Waals surface area contributed by atoms with Gasteiger partial charge in [-0.15, -0.1) is 0 Å². The van der Waals surface area contributed by atoms with Crippen molar-refractivity contribution in [3.8, 4) is 0 Å². The average Bonchev–Trinajstić information content (AvgIpc) is 3.01. The lowest BCUT2D eigenvalue weighted by atomic mass is 10.2. The van der Waals surface area contributed by atoms with Gasteiger partial charge in [-0.1, -0.05) is 33.1 Å². The Morgan fingerprint density at radius 2 is 2.05 bits per heavy atom. The SMILES string of the molecule is CCCC1NC(CC)N(CCOC2CCCC2)C1=O. The highest BCUT2D eigenvalue weighted by atomic mass is 16.5. The number of hydrogen-bond donors (Lipinski definition) is 1. The van der Waals surface area contributed by atoms with Crippen LogP contribution in [0, 0.1) is 0 Å². The Morgan fingerprint density at radius 1 is 1.32 bits per heavy atom. The third kappa shape index (κ3) is 3.69. The molecule has 2 fully saturated rings. The van der Waals surface area contributed by atoms with Gasteiger partial charge >= 0.3 is 0 Å². The molecule has 1 aliphatic heterocycles. The fourth-order valence-electron chi connectivity index (χ4n) is 3.22. The molecule has 0 aromatic heterocycles. The molecular formula is C15H28N2O2. The van der Waals surface area contributed by atoms with Crippen molar-refractivity contribution in [2.75, 3.05) is 13.2 Å². The van der Waals surface area contributed by atoms with Crippen LogP contribution >= 0.6 is 0 Å². The van der Waals surface area contributed by atoms with Gasteiger partial charge < -0.3 is 9.64 Å². The second kappa shape index (κ2) is 7.25. The van der Waals surface area contributed by atoms with Gasteiger partial charge in [0, 0.05) is 6.54 Å². The highest BCUT2D eigenvalue weighted by Gasteiger charge is 2.36. The summed E-state index contributed by atoms with van der Waals surface area (Å²) < 4.78 is 5.88.